The summed E-state index contributed by atoms with van der Waals surface area (Å²) in [4.78, 5) is 28.3. The molecule has 0 saturated carbocycles. The van der Waals surface area contributed by atoms with Crippen molar-refractivity contribution in [3.05, 3.63) is 84.2 Å². The third kappa shape index (κ3) is 4.51. The van der Waals surface area contributed by atoms with E-state index in [9.17, 15) is 9.59 Å². The summed E-state index contributed by atoms with van der Waals surface area (Å²) in [5.41, 5.74) is 1.22. The maximum Gasteiger partial charge on any atom is 0.266 e. The zero-order valence-corrected chi connectivity index (χ0v) is 15.7. The van der Waals surface area contributed by atoms with E-state index in [0.717, 1.165) is 5.56 Å². The predicted molar refractivity (Wildman–Crippen MR) is 106 cm³/mol. The molecule has 0 aliphatic heterocycles. The second kappa shape index (κ2) is 7.87. The number of halogens is 1. The number of thioether (sulfide) groups is 1. The van der Waals surface area contributed by atoms with Crippen LogP contribution in [0.5, 0.6) is 0 Å². The van der Waals surface area contributed by atoms with Crippen LogP contribution in [-0.4, -0.2) is 17.0 Å². The topological polar surface area (TPSA) is 49.9 Å². The van der Waals surface area contributed by atoms with Crippen molar-refractivity contribution in [2.24, 2.45) is 0 Å². The molecule has 1 heterocycles. The molecule has 3 aromatic rings. The molecule has 6 heteroatoms. The van der Waals surface area contributed by atoms with E-state index in [4.69, 9.17) is 11.6 Å². The smallest absolute Gasteiger partial charge is 0.266 e. The Morgan fingerprint density at radius 2 is 1.96 bits per heavy atom. The Balaban J connectivity index is 1.95. The number of hydrogen-bond acceptors (Lipinski definition) is 4. The summed E-state index contributed by atoms with van der Waals surface area (Å²) < 4.78 is 1.07. The summed E-state index contributed by atoms with van der Waals surface area (Å²) in [6.45, 7) is 0. The Labute approximate surface area is 157 Å². The molecule has 0 fully saturated rings. The van der Waals surface area contributed by atoms with Gasteiger partial charge in [0.2, 0.25) is 0 Å². The van der Waals surface area contributed by atoms with Crippen LogP contribution in [0.3, 0.4) is 0 Å². The molecule has 1 N–H and O–H groups in total. The predicted octanol–water partition coefficient (Wildman–Crippen LogP) is 3.30. The standard InChI is InChI=1S/C19H14ClNO2S2/c1-24-15-7-5-12(6-8-15)9-17-19(23)21-18(25-17)11-16(22)13-3-2-4-14(20)10-13/h2-11H,1H3,(H,21,23)/b17-9-,18-11-. The SMILES string of the molecule is CSc1ccc(/C=c2\s/c(=C\C(=O)c3cccc(Cl)c3)[nH]c2=O)cc1. The van der Waals surface area contributed by atoms with E-state index >= 15 is 0 Å². The monoisotopic (exact) mass is 387 g/mol. The Kier molecular flexibility index (Phi) is 5.58. The van der Waals surface area contributed by atoms with Crippen LogP contribution in [-0.2, 0) is 0 Å². The number of thiazole rings is 1. The van der Waals surface area contributed by atoms with Crippen LogP contribution in [0.2, 0.25) is 5.02 Å². The highest BCUT2D eigenvalue weighted by atomic mass is 35.5. The molecule has 0 spiro atoms. The third-order valence-electron chi connectivity index (χ3n) is 3.47. The molecule has 0 aliphatic carbocycles. The number of Topliss-reactive ketones (excluding diaryl/α,β-unsaturated/α-hetero) is 1. The quantitative estimate of drug-likeness (QED) is 0.552. The van der Waals surface area contributed by atoms with Crippen molar-refractivity contribution < 1.29 is 4.79 Å². The van der Waals surface area contributed by atoms with Crippen LogP contribution in [0.4, 0.5) is 0 Å². The molecule has 0 amide bonds. The van der Waals surface area contributed by atoms with E-state index in [1.54, 1.807) is 36.0 Å². The van der Waals surface area contributed by atoms with E-state index < -0.39 is 0 Å². The minimum atomic E-state index is -0.205. The van der Waals surface area contributed by atoms with Gasteiger partial charge < -0.3 is 4.98 Å². The van der Waals surface area contributed by atoms with Gasteiger partial charge in [-0.3, -0.25) is 9.59 Å². The summed E-state index contributed by atoms with van der Waals surface area (Å²) in [6, 6.07) is 14.7. The molecular weight excluding hydrogens is 374 g/mol. The van der Waals surface area contributed by atoms with Gasteiger partial charge in [0.05, 0.1) is 9.20 Å². The Morgan fingerprint density at radius 3 is 2.64 bits per heavy atom. The van der Waals surface area contributed by atoms with Crippen molar-refractivity contribution in [1.82, 2.24) is 4.98 Å². The first-order valence-electron chi connectivity index (χ1n) is 7.42. The van der Waals surface area contributed by atoms with Gasteiger partial charge in [-0.2, -0.15) is 0 Å². The molecule has 1 aromatic heterocycles. The van der Waals surface area contributed by atoms with Gasteiger partial charge in [-0.05, 0) is 42.2 Å². The second-order valence-corrected chi connectivity index (χ2v) is 7.62. The van der Waals surface area contributed by atoms with Crippen molar-refractivity contribution in [2.75, 3.05) is 6.26 Å². The maximum atomic E-state index is 12.3. The van der Waals surface area contributed by atoms with E-state index in [-0.39, 0.29) is 11.3 Å². The van der Waals surface area contributed by atoms with Gasteiger partial charge in [-0.1, -0.05) is 35.9 Å². The molecule has 0 unspecified atom stereocenters. The van der Waals surface area contributed by atoms with Crippen LogP contribution < -0.4 is 14.8 Å². The van der Waals surface area contributed by atoms with E-state index in [0.29, 0.717) is 19.8 Å². The maximum absolute atomic E-state index is 12.3. The van der Waals surface area contributed by atoms with Crippen LogP contribution >= 0.6 is 34.7 Å². The van der Waals surface area contributed by atoms with Crippen molar-refractivity contribution in [3.8, 4) is 0 Å². The summed E-state index contributed by atoms with van der Waals surface area (Å²) in [6.07, 6.45) is 5.25. The molecule has 0 atom stereocenters. The number of carbonyl (C=O) groups is 1. The zero-order valence-electron chi connectivity index (χ0n) is 13.3. The molecule has 0 bridgehead atoms. The van der Waals surface area contributed by atoms with E-state index in [2.05, 4.69) is 4.98 Å². The minimum absolute atomic E-state index is 0.198. The highest BCUT2D eigenvalue weighted by Gasteiger charge is 2.04. The average molecular weight is 388 g/mol. The van der Waals surface area contributed by atoms with Crippen molar-refractivity contribution in [3.63, 3.8) is 0 Å². The third-order valence-corrected chi connectivity index (χ3v) is 5.41. The molecule has 25 heavy (non-hydrogen) atoms. The first-order chi connectivity index (χ1) is 12.0. The summed E-state index contributed by atoms with van der Waals surface area (Å²) in [7, 11) is 0. The Bertz CT molecular complexity index is 1080. The summed E-state index contributed by atoms with van der Waals surface area (Å²) in [5, 5.41) is 0.502. The van der Waals surface area contributed by atoms with E-state index in [1.165, 1.54) is 22.3 Å². The van der Waals surface area contributed by atoms with Crippen molar-refractivity contribution in [2.45, 2.75) is 4.90 Å². The second-order valence-electron chi connectivity index (χ2n) is 5.22. The molecule has 3 rings (SSSR count). The van der Waals surface area contributed by atoms with Gasteiger partial charge >= 0.3 is 0 Å². The molecule has 3 nitrogen and oxygen atoms in total. The Morgan fingerprint density at radius 1 is 1.20 bits per heavy atom. The van der Waals surface area contributed by atoms with Crippen LogP contribution in [0.25, 0.3) is 12.2 Å². The molecule has 0 radical (unpaired) electrons. The highest BCUT2D eigenvalue weighted by molar-refractivity contribution is 7.98. The number of benzene rings is 2. The van der Waals surface area contributed by atoms with Crippen LogP contribution in [0, 0.1) is 0 Å². The van der Waals surface area contributed by atoms with Gasteiger partial charge in [0, 0.05) is 21.6 Å². The number of hydrogen-bond donors (Lipinski definition) is 1. The van der Waals surface area contributed by atoms with Gasteiger partial charge in [0.1, 0.15) is 0 Å². The minimum Gasteiger partial charge on any atom is -0.313 e. The number of aromatic nitrogens is 1. The molecular formula is C19H14ClNO2S2. The van der Waals surface area contributed by atoms with Gasteiger partial charge in [-0.15, -0.1) is 23.1 Å². The average Bonchev–Trinajstić information content (AvgIpc) is 2.94. The number of carbonyl (C=O) groups excluding carboxylic acids is 1. The van der Waals surface area contributed by atoms with Crippen LogP contribution in [0.1, 0.15) is 15.9 Å². The number of ketones is 1. The lowest BCUT2D eigenvalue weighted by Crippen LogP contribution is -2.19. The number of aromatic amines is 1. The largest absolute Gasteiger partial charge is 0.313 e. The lowest BCUT2D eigenvalue weighted by molar-refractivity contribution is 0.106. The fourth-order valence-electron chi connectivity index (χ4n) is 2.22. The number of nitrogens with one attached hydrogen (secondary N) is 1. The van der Waals surface area contributed by atoms with Crippen molar-refractivity contribution >= 4 is 52.6 Å². The lowest BCUT2D eigenvalue weighted by atomic mass is 10.1. The highest BCUT2D eigenvalue weighted by Crippen LogP contribution is 2.15. The van der Waals surface area contributed by atoms with Crippen molar-refractivity contribution in [1.29, 1.82) is 0 Å². The number of H-pyrrole nitrogens is 1. The normalized spacial score (nSPS) is 12.6. The fraction of sp³-hybridized carbons (Fsp3) is 0.0526. The molecule has 0 aliphatic rings. The van der Waals surface area contributed by atoms with Crippen LogP contribution in [0.15, 0.2) is 58.2 Å². The summed E-state index contributed by atoms with van der Waals surface area (Å²) in [5.74, 6) is -0.198. The molecule has 0 saturated heterocycles. The first-order valence-corrected chi connectivity index (χ1v) is 9.83. The van der Waals surface area contributed by atoms with Gasteiger partial charge in [-0.25, -0.2) is 0 Å². The van der Waals surface area contributed by atoms with Gasteiger partial charge in [0.15, 0.2) is 5.78 Å². The fourth-order valence-corrected chi connectivity index (χ4v) is 3.70. The van der Waals surface area contributed by atoms with E-state index in [1.807, 2.05) is 36.6 Å². The first kappa shape index (κ1) is 17.7. The molecule has 2 aromatic carbocycles. The molecule has 126 valence electrons. The lowest BCUT2D eigenvalue weighted by Gasteiger charge is -1.95. The summed E-state index contributed by atoms with van der Waals surface area (Å²) >= 11 is 8.82. The zero-order chi connectivity index (χ0) is 17.8. The Hall–Kier alpha value is -2.08. The number of rotatable bonds is 4. The van der Waals surface area contributed by atoms with Gasteiger partial charge in [0.25, 0.3) is 5.56 Å².